The molecular weight excluding hydrogens is 219 g/mol. The van der Waals surface area contributed by atoms with Gasteiger partial charge in [-0.1, -0.05) is 6.92 Å². The van der Waals surface area contributed by atoms with Crippen molar-refractivity contribution in [2.75, 3.05) is 13.2 Å². The third kappa shape index (κ3) is 4.29. The van der Waals surface area contributed by atoms with Crippen LogP contribution in [0.5, 0.6) is 0 Å². The quantitative estimate of drug-likeness (QED) is 0.818. The van der Waals surface area contributed by atoms with Gasteiger partial charge < -0.3 is 10.5 Å². The summed E-state index contributed by atoms with van der Waals surface area (Å²) in [6, 6.07) is 0. The van der Waals surface area contributed by atoms with Crippen LogP contribution in [-0.2, 0) is 4.74 Å². The highest BCUT2D eigenvalue weighted by Gasteiger charge is 2.35. The molecule has 0 amide bonds. The predicted octanol–water partition coefficient (Wildman–Crippen LogP) is 2.86. The van der Waals surface area contributed by atoms with Crippen molar-refractivity contribution in [2.45, 2.75) is 50.8 Å². The molecule has 0 atom stereocenters. The van der Waals surface area contributed by atoms with Gasteiger partial charge in [-0.3, -0.25) is 0 Å². The first-order chi connectivity index (χ1) is 7.37. The molecule has 0 aliphatic heterocycles. The van der Waals surface area contributed by atoms with E-state index in [0.717, 1.165) is 25.7 Å². The van der Waals surface area contributed by atoms with Gasteiger partial charge in [0.1, 0.15) is 0 Å². The zero-order chi connectivity index (χ0) is 12.2. The van der Waals surface area contributed by atoms with Crippen LogP contribution in [0.1, 0.15) is 39.0 Å². The number of hydrogen-bond acceptors (Lipinski definition) is 2. The SMILES string of the molecule is CC1CCC(CN)(OCCC(F)(F)F)CC1. The molecule has 0 aromatic heterocycles. The maximum Gasteiger partial charge on any atom is 0.391 e. The van der Waals surface area contributed by atoms with E-state index < -0.39 is 18.2 Å². The standard InChI is InChI=1S/C11H20F3NO/c1-9-2-4-10(8-15,5-3-9)16-7-6-11(12,13)14/h9H,2-8,15H2,1H3. The lowest BCUT2D eigenvalue weighted by Crippen LogP contribution is -2.44. The van der Waals surface area contributed by atoms with E-state index in [-0.39, 0.29) is 6.61 Å². The third-order valence-electron chi connectivity index (χ3n) is 3.35. The Morgan fingerprint density at radius 3 is 2.31 bits per heavy atom. The number of nitrogens with two attached hydrogens (primary N) is 1. The second-order valence-electron chi connectivity index (χ2n) is 4.78. The average Bonchev–Trinajstić information content (AvgIpc) is 2.20. The molecule has 0 heterocycles. The zero-order valence-corrected chi connectivity index (χ0v) is 9.65. The monoisotopic (exact) mass is 239 g/mol. The second kappa shape index (κ2) is 5.36. The van der Waals surface area contributed by atoms with Gasteiger partial charge in [-0.25, -0.2) is 0 Å². The predicted molar refractivity (Wildman–Crippen MR) is 56.0 cm³/mol. The maximum absolute atomic E-state index is 12.0. The van der Waals surface area contributed by atoms with Gasteiger partial charge in [0.05, 0.1) is 18.6 Å². The summed E-state index contributed by atoms with van der Waals surface area (Å²) in [7, 11) is 0. The molecule has 2 nitrogen and oxygen atoms in total. The highest BCUT2D eigenvalue weighted by Crippen LogP contribution is 2.34. The summed E-state index contributed by atoms with van der Waals surface area (Å²) in [4.78, 5) is 0. The highest BCUT2D eigenvalue weighted by molar-refractivity contribution is 4.87. The Labute approximate surface area is 94.3 Å². The number of alkyl halides is 3. The van der Waals surface area contributed by atoms with Crippen molar-refractivity contribution in [3.05, 3.63) is 0 Å². The van der Waals surface area contributed by atoms with Crippen LogP contribution in [0.15, 0.2) is 0 Å². The van der Waals surface area contributed by atoms with Gasteiger partial charge in [-0.15, -0.1) is 0 Å². The van der Waals surface area contributed by atoms with Gasteiger partial charge in [0.25, 0.3) is 0 Å². The minimum absolute atomic E-state index is 0.269. The first-order valence-electron chi connectivity index (χ1n) is 5.78. The van der Waals surface area contributed by atoms with E-state index in [1.807, 2.05) is 0 Å². The Bertz CT molecular complexity index is 210. The average molecular weight is 239 g/mol. The van der Waals surface area contributed by atoms with Crippen molar-refractivity contribution >= 4 is 0 Å². The topological polar surface area (TPSA) is 35.2 Å². The van der Waals surface area contributed by atoms with E-state index in [1.165, 1.54) is 0 Å². The van der Waals surface area contributed by atoms with Crippen molar-refractivity contribution in [1.82, 2.24) is 0 Å². The van der Waals surface area contributed by atoms with E-state index >= 15 is 0 Å². The lowest BCUT2D eigenvalue weighted by atomic mass is 9.79. The molecule has 0 saturated heterocycles. The summed E-state index contributed by atoms with van der Waals surface area (Å²) < 4.78 is 41.4. The Morgan fingerprint density at radius 2 is 1.88 bits per heavy atom. The van der Waals surface area contributed by atoms with Crippen molar-refractivity contribution in [3.8, 4) is 0 Å². The largest absolute Gasteiger partial charge is 0.391 e. The minimum Gasteiger partial charge on any atom is -0.373 e. The molecule has 0 aromatic carbocycles. The van der Waals surface area contributed by atoms with Crippen LogP contribution in [-0.4, -0.2) is 24.9 Å². The van der Waals surface area contributed by atoms with Crippen molar-refractivity contribution in [3.63, 3.8) is 0 Å². The van der Waals surface area contributed by atoms with E-state index in [2.05, 4.69) is 6.92 Å². The van der Waals surface area contributed by atoms with Gasteiger partial charge in [0.2, 0.25) is 0 Å². The third-order valence-corrected chi connectivity index (χ3v) is 3.35. The molecule has 5 heteroatoms. The van der Waals surface area contributed by atoms with Crippen molar-refractivity contribution in [1.29, 1.82) is 0 Å². The number of halogens is 3. The van der Waals surface area contributed by atoms with Gasteiger partial charge in [0, 0.05) is 6.54 Å². The molecule has 0 radical (unpaired) electrons. The molecule has 0 bridgehead atoms. The van der Waals surface area contributed by atoms with Crippen LogP contribution < -0.4 is 5.73 Å². The molecule has 0 aromatic rings. The van der Waals surface area contributed by atoms with Crippen molar-refractivity contribution in [2.24, 2.45) is 11.7 Å². The fourth-order valence-electron chi connectivity index (χ4n) is 2.08. The number of ether oxygens (including phenoxy) is 1. The van der Waals surface area contributed by atoms with Crippen LogP contribution in [0.25, 0.3) is 0 Å². The Morgan fingerprint density at radius 1 is 1.31 bits per heavy atom. The molecule has 16 heavy (non-hydrogen) atoms. The van der Waals surface area contributed by atoms with Crippen LogP contribution in [0, 0.1) is 5.92 Å². The van der Waals surface area contributed by atoms with E-state index in [4.69, 9.17) is 10.5 Å². The van der Waals surface area contributed by atoms with E-state index in [1.54, 1.807) is 0 Å². The van der Waals surface area contributed by atoms with Crippen LogP contribution in [0.2, 0.25) is 0 Å². The lowest BCUT2D eigenvalue weighted by Gasteiger charge is -2.38. The summed E-state index contributed by atoms with van der Waals surface area (Å²) in [6.07, 6.45) is -1.49. The molecule has 1 fully saturated rings. The van der Waals surface area contributed by atoms with Crippen LogP contribution >= 0.6 is 0 Å². The summed E-state index contributed by atoms with van der Waals surface area (Å²) in [5, 5.41) is 0. The first kappa shape index (κ1) is 13.8. The smallest absolute Gasteiger partial charge is 0.373 e. The molecule has 1 aliphatic rings. The lowest BCUT2D eigenvalue weighted by molar-refractivity contribution is -0.162. The van der Waals surface area contributed by atoms with Gasteiger partial charge in [-0.05, 0) is 31.6 Å². The highest BCUT2D eigenvalue weighted by atomic mass is 19.4. The first-order valence-corrected chi connectivity index (χ1v) is 5.78. The fraction of sp³-hybridized carbons (Fsp3) is 1.00. The maximum atomic E-state index is 12.0. The second-order valence-corrected chi connectivity index (χ2v) is 4.78. The van der Waals surface area contributed by atoms with Gasteiger partial charge in [0.15, 0.2) is 0 Å². The normalized spacial score (nSPS) is 31.7. The molecule has 0 spiro atoms. The summed E-state index contributed by atoms with van der Waals surface area (Å²) in [5.41, 5.74) is 5.13. The Kier molecular flexibility index (Phi) is 4.62. The summed E-state index contributed by atoms with van der Waals surface area (Å²) >= 11 is 0. The summed E-state index contributed by atoms with van der Waals surface area (Å²) in [5.74, 6) is 0.630. The zero-order valence-electron chi connectivity index (χ0n) is 9.65. The van der Waals surface area contributed by atoms with Gasteiger partial charge >= 0.3 is 6.18 Å². The minimum atomic E-state index is -4.14. The van der Waals surface area contributed by atoms with Gasteiger partial charge in [-0.2, -0.15) is 13.2 Å². The van der Waals surface area contributed by atoms with Crippen molar-refractivity contribution < 1.29 is 17.9 Å². The van der Waals surface area contributed by atoms with Crippen LogP contribution in [0.3, 0.4) is 0 Å². The molecular formula is C11H20F3NO. The molecule has 1 rings (SSSR count). The number of rotatable bonds is 4. The molecule has 0 unspecified atom stereocenters. The molecule has 1 saturated carbocycles. The Balaban J connectivity index is 2.36. The summed E-state index contributed by atoms with van der Waals surface area (Å²) in [6.45, 7) is 2.20. The van der Waals surface area contributed by atoms with E-state index in [9.17, 15) is 13.2 Å². The van der Waals surface area contributed by atoms with Crippen LogP contribution in [0.4, 0.5) is 13.2 Å². The van der Waals surface area contributed by atoms with E-state index in [0.29, 0.717) is 12.5 Å². The molecule has 96 valence electrons. The fourth-order valence-corrected chi connectivity index (χ4v) is 2.08. The molecule has 1 aliphatic carbocycles. The Hall–Kier alpha value is -0.290. The number of hydrogen-bond donors (Lipinski definition) is 1. The molecule has 2 N–H and O–H groups in total.